The first kappa shape index (κ1) is 15.7. The molecule has 0 saturated carbocycles. The number of carbonyl (C=O) groups is 1. The van der Waals surface area contributed by atoms with Crippen LogP contribution in [0.15, 0.2) is 12.1 Å². The summed E-state index contributed by atoms with van der Waals surface area (Å²) in [4.78, 5) is 12.6. The van der Waals surface area contributed by atoms with Gasteiger partial charge in [-0.15, -0.1) is 23.7 Å². The number of hydrogen-bond acceptors (Lipinski definition) is 3. The molecule has 0 fully saturated rings. The smallest absolute Gasteiger partial charge is 0.224 e. The fourth-order valence-electron chi connectivity index (χ4n) is 1.02. The highest BCUT2D eigenvalue weighted by Gasteiger charge is 2.16. The van der Waals surface area contributed by atoms with E-state index in [-0.39, 0.29) is 30.3 Å². The third-order valence-corrected chi connectivity index (χ3v) is 3.50. The molecule has 0 aliphatic heterocycles. The van der Waals surface area contributed by atoms with Gasteiger partial charge in [0.05, 0.1) is 10.9 Å². The standard InChI is InChI=1S/C10H15ClN2OS.ClH/c1-6(7(2)12)10(14)13-5-8-3-4-9(11)15-8;/h3-4,6-7H,5,12H2,1-2H3,(H,13,14);1H. The van der Waals surface area contributed by atoms with Crippen LogP contribution in [0.2, 0.25) is 4.34 Å². The van der Waals surface area contributed by atoms with Crippen LogP contribution in [0.25, 0.3) is 0 Å². The summed E-state index contributed by atoms with van der Waals surface area (Å²) >= 11 is 7.24. The molecule has 1 heterocycles. The van der Waals surface area contributed by atoms with Crippen molar-refractivity contribution >= 4 is 41.3 Å². The van der Waals surface area contributed by atoms with Crippen molar-refractivity contribution in [1.82, 2.24) is 5.32 Å². The first-order valence-electron chi connectivity index (χ1n) is 4.78. The maximum atomic E-state index is 11.5. The second kappa shape index (κ2) is 7.12. The number of thiophene rings is 1. The van der Waals surface area contributed by atoms with E-state index in [0.29, 0.717) is 6.54 Å². The summed E-state index contributed by atoms with van der Waals surface area (Å²) in [5.41, 5.74) is 5.63. The van der Waals surface area contributed by atoms with Crippen LogP contribution in [0.1, 0.15) is 18.7 Å². The second-order valence-electron chi connectivity index (χ2n) is 3.57. The van der Waals surface area contributed by atoms with E-state index >= 15 is 0 Å². The van der Waals surface area contributed by atoms with Gasteiger partial charge in [-0.3, -0.25) is 4.79 Å². The van der Waals surface area contributed by atoms with Gasteiger partial charge in [0.2, 0.25) is 5.91 Å². The van der Waals surface area contributed by atoms with Gasteiger partial charge in [-0.1, -0.05) is 18.5 Å². The molecule has 0 aromatic carbocycles. The molecular weight excluding hydrogens is 267 g/mol. The topological polar surface area (TPSA) is 55.1 Å². The lowest BCUT2D eigenvalue weighted by Gasteiger charge is -2.14. The largest absolute Gasteiger partial charge is 0.351 e. The number of carbonyl (C=O) groups excluding carboxylic acids is 1. The van der Waals surface area contributed by atoms with E-state index in [1.807, 2.05) is 26.0 Å². The maximum Gasteiger partial charge on any atom is 0.224 e. The molecule has 3 nitrogen and oxygen atoms in total. The van der Waals surface area contributed by atoms with Gasteiger partial charge in [0.25, 0.3) is 0 Å². The lowest BCUT2D eigenvalue weighted by molar-refractivity contribution is -0.125. The summed E-state index contributed by atoms with van der Waals surface area (Å²) in [6, 6.07) is 3.60. The molecule has 1 amide bonds. The fourth-order valence-corrected chi connectivity index (χ4v) is 2.05. The Hall–Kier alpha value is -0.290. The first-order chi connectivity index (χ1) is 7.00. The van der Waals surface area contributed by atoms with Crippen molar-refractivity contribution in [2.24, 2.45) is 11.7 Å². The Labute approximate surface area is 111 Å². The van der Waals surface area contributed by atoms with Crippen LogP contribution in [0.4, 0.5) is 0 Å². The van der Waals surface area contributed by atoms with E-state index in [9.17, 15) is 4.79 Å². The predicted molar refractivity (Wildman–Crippen MR) is 71.2 cm³/mol. The molecule has 0 aliphatic carbocycles. The molecule has 1 rings (SSSR count). The molecule has 0 radical (unpaired) electrons. The first-order valence-corrected chi connectivity index (χ1v) is 5.97. The van der Waals surface area contributed by atoms with Crippen molar-refractivity contribution in [3.8, 4) is 0 Å². The van der Waals surface area contributed by atoms with E-state index in [1.54, 1.807) is 0 Å². The van der Waals surface area contributed by atoms with E-state index < -0.39 is 0 Å². The van der Waals surface area contributed by atoms with Crippen LogP contribution in [0, 0.1) is 5.92 Å². The minimum Gasteiger partial charge on any atom is -0.351 e. The van der Waals surface area contributed by atoms with Crippen LogP contribution in [-0.2, 0) is 11.3 Å². The molecule has 1 aromatic rings. The summed E-state index contributed by atoms with van der Waals surface area (Å²) in [5, 5.41) is 2.83. The second-order valence-corrected chi connectivity index (χ2v) is 5.37. The Kier molecular flexibility index (Phi) is 6.99. The Bertz CT molecular complexity index is 341. The number of hydrogen-bond donors (Lipinski definition) is 2. The van der Waals surface area contributed by atoms with Crippen molar-refractivity contribution in [1.29, 1.82) is 0 Å². The molecule has 92 valence electrons. The molecular formula is C10H16Cl2N2OS. The van der Waals surface area contributed by atoms with Crippen LogP contribution in [0.5, 0.6) is 0 Å². The van der Waals surface area contributed by atoms with Gasteiger partial charge in [-0.2, -0.15) is 0 Å². The highest BCUT2D eigenvalue weighted by molar-refractivity contribution is 7.16. The minimum absolute atomic E-state index is 0. The molecule has 1 aromatic heterocycles. The molecule has 3 N–H and O–H groups in total. The van der Waals surface area contributed by atoms with E-state index in [4.69, 9.17) is 17.3 Å². The molecule has 0 spiro atoms. The molecule has 0 bridgehead atoms. The zero-order valence-electron chi connectivity index (χ0n) is 9.20. The number of nitrogens with two attached hydrogens (primary N) is 1. The third-order valence-electron chi connectivity index (χ3n) is 2.27. The average molecular weight is 283 g/mol. The Balaban J connectivity index is 0.00000225. The quantitative estimate of drug-likeness (QED) is 0.891. The maximum absolute atomic E-state index is 11.5. The highest BCUT2D eigenvalue weighted by Crippen LogP contribution is 2.21. The summed E-state index contributed by atoms with van der Waals surface area (Å²) in [5.74, 6) is -0.185. The average Bonchev–Trinajstić information content (AvgIpc) is 2.59. The number of nitrogens with one attached hydrogen (secondary N) is 1. The molecule has 0 aliphatic rings. The van der Waals surface area contributed by atoms with Crippen molar-refractivity contribution < 1.29 is 4.79 Å². The zero-order chi connectivity index (χ0) is 11.4. The minimum atomic E-state index is -0.166. The van der Waals surface area contributed by atoms with E-state index in [0.717, 1.165) is 9.21 Å². The van der Waals surface area contributed by atoms with Gasteiger partial charge < -0.3 is 11.1 Å². The number of halogens is 2. The van der Waals surface area contributed by atoms with E-state index in [1.165, 1.54) is 11.3 Å². The summed E-state index contributed by atoms with van der Waals surface area (Å²) in [6.45, 7) is 4.17. The lowest BCUT2D eigenvalue weighted by Crippen LogP contribution is -2.38. The van der Waals surface area contributed by atoms with Crippen LogP contribution in [0.3, 0.4) is 0 Å². The van der Waals surface area contributed by atoms with Crippen LogP contribution in [-0.4, -0.2) is 11.9 Å². The van der Waals surface area contributed by atoms with Crippen molar-refractivity contribution in [2.75, 3.05) is 0 Å². The van der Waals surface area contributed by atoms with Gasteiger partial charge >= 0.3 is 0 Å². The van der Waals surface area contributed by atoms with Crippen molar-refractivity contribution in [2.45, 2.75) is 26.4 Å². The highest BCUT2D eigenvalue weighted by atomic mass is 35.5. The predicted octanol–water partition coefficient (Wildman–Crippen LogP) is 2.42. The SMILES string of the molecule is CC(N)C(C)C(=O)NCc1ccc(Cl)s1.Cl. The molecule has 16 heavy (non-hydrogen) atoms. The molecule has 2 unspecified atom stereocenters. The molecule has 0 saturated heterocycles. The summed E-state index contributed by atoms with van der Waals surface area (Å²) in [7, 11) is 0. The third kappa shape index (κ3) is 4.70. The Morgan fingerprint density at radius 3 is 2.62 bits per heavy atom. The zero-order valence-corrected chi connectivity index (χ0v) is 11.6. The number of rotatable bonds is 4. The van der Waals surface area contributed by atoms with Crippen molar-refractivity contribution in [3.63, 3.8) is 0 Å². The van der Waals surface area contributed by atoms with Gasteiger partial charge in [-0.05, 0) is 19.1 Å². The van der Waals surface area contributed by atoms with Crippen LogP contribution < -0.4 is 11.1 Å². The number of amides is 1. The van der Waals surface area contributed by atoms with Crippen LogP contribution >= 0.6 is 35.3 Å². The van der Waals surface area contributed by atoms with Gasteiger partial charge in [0.15, 0.2) is 0 Å². The van der Waals surface area contributed by atoms with Gasteiger partial charge in [0.1, 0.15) is 0 Å². The fraction of sp³-hybridized carbons (Fsp3) is 0.500. The lowest BCUT2D eigenvalue weighted by atomic mass is 10.0. The van der Waals surface area contributed by atoms with Gasteiger partial charge in [0, 0.05) is 16.8 Å². The van der Waals surface area contributed by atoms with E-state index in [2.05, 4.69) is 5.32 Å². The normalized spacial score (nSPS) is 13.8. The monoisotopic (exact) mass is 282 g/mol. The van der Waals surface area contributed by atoms with Gasteiger partial charge in [-0.25, -0.2) is 0 Å². The summed E-state index contributed by atoms with van der Waals surface area (Å²) < 4.78 is 0.736. The van der Waals surface area contributed by atoms with Crippen molar-refractivity contribution in [3.05, 3.63) is 21.3 Å². The summed E-state index contributed by atoms with van der Waals surface area (Å²) in [6.07, 6.45) is 0. The Morgan fingerprint density at radius 1 is 1.56 bits per heavy atom. The Morgan fingerprint density at radius 2 is 2.19 bits per heavy atom. The molecule has 2 atom stereocenters. The molecule has 6 heteroatoms.